The van der Waals surface area contributed by atoms with Gasteiger partial charge in [-0.1, -0.05) is 6.07 Å². The molecule has 1 amide bonds. The van der Waals surface area contributed by atoms with E-state index in [0.29, 0.717) is 12.2 Å². The van der Waals surface area contributed by atoms with E-state index in [1.807, 2.05) is 0 Å². The van der Waals surface area contributed by atoms with Crippen molar-refractivity contribution in [2.45, 2.75) is 6.61 Å². The van der Waals surface area contributed by atoms with E-state index < -0.39 is 11.7 Å². The van der Waals surface area contributed by atoms with Crippen molar-refractivity contribution >= 4 is 12.1 Å². The van der Waals surface area contributed by atoms with E-state index in [1.165, 1.54) is 36.5 Å². The summed E-state index contributed by atoms with van der Waals surface area (Å²) in [6, 6.07) is 10.1. The molecule has 22 heavy (non-hydrogen) atoms. The van der Waals surface area contributed by atoms with E-state index in [-0.39, 0.29) is 11.3 Å². The van der Waals surface area contributed by atoms with Crippen LogP contribution in [-0.4, -0.2) is 24.3 Å². The van der Waals surface area contributed by atoms with Gasteiger partial charge in [-0.25, -0.2) is 9.82 Å². The number of hydrogen-bond donors (Lipinski definition) is 2. The number of methoxy groups -OCH3 is 1. The van der Waals surface area contributed by atoms with Crippen molar-refractivity contribution in [3.05, 3.63) is 65.0 Å². The molecule has 0 bridgehead atoms. The lowest BCUT2D eigenvalue weighted by molar-refractivity contribution is 0.0955. The first kappa shape index (κ1) is 15.7. The predicted octanol–water partition coefficient (Wildman–Crippen LogP) is 2.44. The number of benzene rings is 2. The zero-order valence-electron chi connectivity index (χ0n) is 11.9. The van der Waals surface area contributed by atoms with Crippen LogP contribution in [0.3, 0.4) is 0 Å². The van der Waals surface area contributed by atoms with Crippen LogP contribution in [0.4, 0.5) is 4.39 Å². The number of phenols is 1. The largest absolute Gasteiger partial charge is 0.507 e. The van der Waals surface area contributed by atoms with Gasteiger partial charge in [-0.05, 0) is 42.0 Å². The van der Waals surface area contributed by atoms with Crippen LogP contribution in [0.2, 0.25) is 0 Å². The summed E-state index contributed by atoms with van der Waals surface area (Å²) in [5.41, 5.74) is 3.92. The Morgan fingerprint density at radius 2 is 2.05 bits per heavy atom. The Morgan fingerprint density at radius 1 is 1.32 bits per heavy atom. The van der Waals surface area contributed by atoms with Gasteiger partial charge in [0.2, 0.25) is 0 Å². The minimum atomic E-state index is -0.469. The number of hydrazone groups is 1. The van der Waals surface area contributed by atoms with Gasteiger partial charge in [0, 0.05) is 18.2 Å². The summed E-state index contributed by atoms with van der Waals surface area (Å²) in [5, 5.41) is 13.5. The van der Waals surface area contributed by atoms with Crippen molar-refractivity contribution in [3.63, 3.8) is 0 Å². The van der Waals surface area contributed by atoms with Crippen LogP contribution in [0.25, 0.3) is 0 Å². The molecule has 0 aromatic heterocycles. The van der Waals surface area contributed by atoms with Gasteiger partial charge in [0.05, 0.1) is 12.8 Å². The Bertz CT molecular complexity index is 684. The number of halogens is 1. The Balaban J connectivity index is 2.04. The van der Waals surface area contributed by atoms with E-state index in [1.54, 1.807) is 19.2 Å². The number of aromatic hydroxyl groups is 1. The monoisotopic (exact) mass is 302 g/mol. The van der Waals surface area contributed by atoms with Crippen molar-refractivity contribution in [3.8, 4) is 5.75 Å². The SMILES string of the molecule is COCc1ccc(O)c(/C=N/NC(=O)c2ccc(F)cc2)c1. The fourth-order valence-corrected chi connectivity index (χ4v) is 1.79. The van der Waals surface area contributed by atoms with Crippen molar-refractivity contribution < 1.29 is 19.0 Å². The fourth-order valence-electron chi connectivity index (χ4n) is 1.79. The highest BCUT2D eigenvalue weighted by atomic mass is 19.1. The second-order valence-electron chi connectivity index (χ2n) is 4.53. The molecule has 0 aliphatic rings. The summed E-state index contributed by atoms with van der Waals surface area (Å²) in [5.74, 6) is -0.844. The van der Waals surface area contributed by atoms with Crippen molar-refractivity contribution in [2.24, 2.45) is 5.10 Å². The molecule has 0 unspecified atom stereocenters. The number of nitrogens with zero attached hydrogens (tertiary/aromatic N) is 1. The van der Waals surface area contributed by atoms with Crippen LogP contribution in [-0.2, 0) is 11.3 Å². The van der Waals surface area contributed by atoms with Gasteiger partial charge in [0.15, 0.2) is 0 Å². The molecule has 2 N–H and O–H groups in total. The number of ether oxygens (including phenoxy) is 1. The Morgan fingerprint density at radius 3 is 2.73 bits per heavy atom. The number of amides is 1. The molecule has 0 saturated heterocycles. The Hall–Kier alpha value is -2.73. The van der Waals surface area contributed by atoms with E-state index in [2.05, 4.69) is 10.5 Å². The highest BCUT2D eigenvalue weighted by molar-refractivity contribution is 5.95. The molecule has 0 saturated carbocycles. The highest BCUT2D eigenvalue weighted by Crippen LogP contribution is 2.17. The zero-order chi connectivity index (χ0) is 15.9. The molecule has 114 valence electrons. The van der Waals surface area contributed by atoms with E-state index in [9.17, 15) is 14.3 Å². The zero-order valence-corrected chi connectivity index (χ0v) is 11.9. The third kappa shape index (κ3) is 4.13. The average molecular weight is 302 g/mol. The van der Waals surface area contributed by atoms with Crippen molar-refractivity contribution in [1.29, 1.82) is 0 Å². The van der Waals surface area contributed by atoms with Gasteiger partial charge in [-0.15, -0.1) is 0 Å². The number of nitrogens with one attached hydrogen (secondary N) is 1. The van der Waals surface area contributed by atoms with Gasteiger partial charge in [-0.2, -0.15) is 5.10 Å². The third-order valence-electron chi connectivity index (χ3n) is 2.88. The van der Waals surface area contributed by atoms with Crippen LogP contribution >= 0.6 is 0 Å². The summed E-state index contributed by atoms with van der Waals surface area (Å²) in [7, 11) is 1.57. The van der Waals surface area contributed by atoms with Crippen molar-refractivity contribution in [1.82, 2.24) is 5.43 Å². The standard InChI is InChI=1S/C16H15FN2O3/c1-22-10-11-2-7-15(20)13(8-11)9-18-19-16(21)12-3-5-14(17)6-4-12/h2-9,20H,10H2,1H3,(H,19,21)/b18-9+. The maximum absolute atomic E-state index is 12.8. The number of carbonyl (C=O) groups excluding carboxylic acids is 1. The number of rotatable bonds is 5. The topological polar surface area (TPSA) is 70.9 Å². The van der Waals surface area contributed by atoms with Crippen LogP contribution < -0.4 is 5.43 Å². The molecule has 2 rings (SSSR count). The van der Waals surface area contributed by atoms with Crippen LogP contribution in [0.5, 0.6) is 5.75 Å². The average Bonchev–Trinajstić information content (AvgIpc) is 2.51. The van der Waals surface area contributed by atoms with E-state index in [0.717, 1.165) is 5.56 Å². The Kier molecular flexibility index (Phi) is 5.21. The first-order valence-corrected chi connectivity index (χ1v) is 6.50. The van der Waals surface area contributed by atoms with Crippen LogP contribution in [0.15, 0.2) is 47.6 Å². The van der Waals surface area contributed by atoms with Gasteiger partial charge in [-0.3, -0.25) is 4.79 Å². The van der Waals surface area contributed by atoms with Crippen LogP contribution in [0, 0.1) is 5.82 Å². The molecule has 0 fully saturated rings. The fraction of sp³-hybridized carbons (Fsp3) is 0.125. The molecule has 0 aliphatic carbocycles. The van der Waals surface area contributed by atoms with Gasteiger partial charge in [0.25, 0.3) is 5.91 Å². The lowest BCUT2D eigenvalue weighted by atomic mass is 10.1. The smallest absolute Gasteiger partial charge is 0.271 e. The molecular weight excluding hydrogens is 287 g/mol. The molecule has 0 atom stereocenters. The molecule has 6 heteroatoms. The summed E-state index contributed by atoms with van der Waals surface area (Å²) in [6.07, 6.45) is 1.33. The second-order valence-corrected chi connectivity index (χ2v) is 4.53. The summed E-state index contributed by atoms with van der Waals surface area (Å²) < 4.78 is 17.8. The van der Waals surface area contributed by atoms with Gasteiger partial charge < -0.3 is 9.84 Å². The minimum Gasteiger partial charge on any atom is -0.507 e. The first-order valence-electron chi connectivity index (χ1n) is 6.50. The summed E-state index contributed by atoms with van der Waals surface area (Å²) in [6.45, 7) is 0.406. The molecule has 2 aromatic rings. The summed E-state index contributed by atoms with van der Waals surface area (Å²) >= 11 is 0. The number of hydrogen-bond acceptors (Lipinski definition) is 4. The predicted molar refractivity (Wildman–Crippen MR) is 80.3 cm³/mol. The quantitative estimate of drug-likeness (QED) is 0.658. The first-order chi connectivity index (χ1) is 10.6. The molecule has 5 nitrogen and oxygen atoms in total. The molecule has 0 radical (unpaired) electrons. The molecule has 2 aromatic carbocycles. The van der Waals surface area contributed by atoms with Gasteiger partial charge in [0.1, 0.15) is 11.6 Å². The Labute approximate surface area is 127 Å². The maximum Gasteiger partial charge on any atom is 0.271 e. The third-order valence-corrected chi connectivity index (χ3v) is 2.88. The van der Waals surface area contributed by atoms with Gasteiger partial charge >= 0.3 is 0 Å². The minimum absolute atomic E-state index is 0.0413. The summed E-state index contributed by atoms with van der Waals surface area (Å²) in [4.78, 5) is 11.8. The highest BCUT2D eigenvalue weighted by Gasteiger charge is 2.04. The maximum atomic E-state index is 12.8. The second kappa shape index (κ2) is 7.33. The lowest BCUT2D eigenvalue weighted by Crippen LogP contribution is -2.17. The van der Waals surface area contributed by atoms with Crippen LogP contribution in [0.1, 0.15) is 21.5 Å². The number of carbonyl (C=O) groups is 1. The van der Waals surface area contributed by atoms with E-state index in [4.69, 9.17) is 4.74 Å². The molecule has 0 aliphatic heterocycles. The molecular formula is C16H15FN2O3. The van der Waals surface area contributed by atoms with E-state index >= 15 is 0 Å². The molecule has 0 spiro atoms. The molecule has 0 heterocycles. The number of phenolic OH excluding ortho intramolecular Hbond substituents is 1. The normalized spacial score (nSPS) is 10.8. The van der Waals surface area contributed by atoms with Crippen molar-refractivity contribution in [2.75, 3.05) is 7.11 Å². The lowest BCUT2D eigenvalue weighted by Gasteiger charge is -2.04.